The first-order valence-electron chi connectivity index (χ1n) is 8.09. The molecule has 2 heterocycles. The van der Waals surface area contributed by atoms with Crippen molar-refractivity contribution in [3.8, 4) is 5.75 Å². The maximum atomic E-state index is 12.4. The van der Waals surface area contributed by atoms with Crippen LogP contribution in [0.1, 0.15) is 11.6 Å². The first-order valence-corrected chi connectivity index (χ1v) is 10.5. The van der Waals surface area contributed by atoms with Crippen LogP contribution in [0.4, 0.5) is 0 Å². The van der Waals surface area contributed by atoms with Gasteiger partial charge in [0.05, 0.1) is 20.3 Å². The van der Waals surface area contributed by atoms with Crippen molar-refractivity contribution in [2.45, 2.75) is 10.3 Å². The summed E-state index contributed by atoms with van der Waals surface area (Å²) in [7, 11) is -1.86. The van der Waals surface area contributed by atoms with Crippen LogP contribution in [-0.4, -0.2) is 53.3 Å². The summed E-state index contributed by atoms with van der Waals surface area (Å²) in [6.07, 6.45) is 0. The third-order valence-corrected chi connectivity index (χ3v) is 7.03. The van der Waals surface area contributed by atoms with E-state index in [0.717, 1.165) is 24.4 Å². The van der Waals surface area contributed by atoms with Crippen molar-refractivity contribution < 1.29 is 17.9 Å². The van der Waals surface area contributed by atoms with Crippen LogP contribution in [0.15, 0.2) is 46.0 Å². The first-order chi connectivity index (χ1) is 12.1. The fourth-order valence-corrected chi connectivity index (χ4v) is 4.92. The van der Waals surface area contributed by atoms with Gasteiger partial charge in [-0.05, 0) is 29.1 Å². The van der Waals surface area contributed by atoms with Crippen molar-refractivity contribution in [2.24, 2.45) is 0 Å². The molecule has 136 valence electrons. The Balaban J connectivity index is 1.78. The van der Waals surface area contributed by atoms with Gasteiger partial charge >= 0.3 is 0 Å². The Kier molecular flexibility index (Phi) is 6.08. The molecule has 0 saturated carbocycles. The highest BCUT2D eigenvalue weighted by molar-refractivity contribution is 7.91. The molecule has 3 rings (SSSR count). The molecule has 2 aromatic rings. The maximum absolute atomic E-state index is 12.4. The molecule has 1 atom stereocenters. The predicted octanol–water partition coefficient (Wildman–Crippen LogP) is 2.11. The number of ether oxygens (including phenoxy) is 2. The summed E-state index contributed by atoms with van der Waals surface area (Å²) in [4.78, 5) is 2.25. The van der Waals surface area contributed by atoms with E-state index in [1.807, 2.05) is 24.3 Å². The van der Waals surface area contributed by atoms with E-state index in [0.29, 0.717) is 24.0 Å². The van der Waals surface area contributed by atoms with Crippen LogP contribution in [0, 0.1) is 0 Å². The van der Waals surface area contributed by atoms with Gasteiger partial charge in [0.25, 0.3) is 0 Å². The van der Waals surface area contributed by atoms with Gasteiger partial charge in [-0.15, -0.1) is 11.3 Å². The van der Waals surface area contributed by atoms with Gasteiger partial charge in [-0.3, -0.25) is 4.90 Å². The van der Waals surface area contributed by atoms with Crippen molar-refractivity contribution in [3.63, 3.8) is 0 Å². The van der Waals surface area contributed by atoms with Crippen LogP contribution >= 0.6 is 11.3 Å². The lowest BCUT2D eigenvalue weighted by atomic mass is 10.0. The number of benzene rings is 1. The molecule has 1 aromatic heterocycles. The minimum absolute atomic E-state index is 0.0513. The predicted molar refractivity (Wildman–Crippen MR) is 97.6 cm³/mol. The summed E-state index contributed by atoms with van der Waals surface area (Å²) >= 11 is 1.22. The summed E-state index contributed by atoms with van der Waals surface area (Å²) < 4.78 is 38.6. The molecule has 25 heavy (non-hydrogen) atoms. The highest BCUT2D eigenvalue weighted by Gasteiger charge is 2.25. The fourth-order valence-electron chi connectivity index (χ4n) is 2.85. The second-order valence-corrected chi connectivity index (χ2v) is 8.66. The Labute approximate surface area is 152 Å². The maximum Gasteiger partial charge on any atom is 0.250 e. The van der Waals surface area contributed by atoms with E-state index in [1.165, 1.54) is 11.3 Å². The topological polar surface area (TPSA) is 67.9 Å². The highest BCUT2D eigenvalue weighted by Crippen LogP contribution is 2.25. The number of hydrogen-bond donors (Lipinski definition) is 1. The molecule has 1 aliphatic rings. The number of hydrogen-bond acceptors (Lipinski definition) is 6. The largest absolute Gasteiger partial charge is 0.497 e. The Bertz CT molecular complexity index is 754. The second kappa shape index (κ2) is 8.29. The van der Waals surface area contributed by atoms with Crippen molar-refractivity contribution in [1.82, 2.24) is 9.62 Å². The molecule has 8 heteroatoms. The second-order valence-electron chi connectivity index (χ2n) is 5.72. The zero-order valence-electron chi connectivity index (χ0n) is 14.1. The van der Waals surface area contributed by atoms with Crippen LogP contribution in [0.25, 0.3) is 0 Å². The molecule has 1 aromatic carbocycles. The van der Waals surface area contributed by atoms with Gasteiger partial charge in [0.1, 0.15) is 9.96 Å². The normalized spacial score (nSPS) is 17.3. The van der Waals surface area contributed by atoms with E-state index in [2.05, 4.69) is 9.62 Å². The number of sulfonamides is 1. The molecular formula is C17H22N2O4S2. The number of thiophene rings is 1. The average Bonchev–Trinajstić information content (AvgIpc) is 3.19. The van der Waals surface area contributed by atoms with Gasteiger partial charge in [-0.25, -0.2) is 13.1 Å². The molecule has 1 N–H and O–H groups in total. The zero-order valence-corrected chi connectivity index (χ0v) is 15.7. The Morgan fingerprint density at radius 1 is 1.24 bits per heavy atom. The SMILES string of the molecule is COc1ccc(C(CNS(=O)(=O)c2cccs2)N2CCOCC2)cc1. The van der Waals surface area contributed by atoms with Crippen LogP contribution < -0.4 is 9.46 Å². The minimum Gasteiger partial charge on any atom is -0.497 e. The smallest absolute Gasteiger partial charge is 0.250 e. The lowest BCUT2D eigenvalue weighted by Crippen LogP contribution is -2.43. The first kappa shape index (κ1) is 18.3. The lowest BCUT2D eigenvalue weighted by molar-refractivity contribution is 0.0172. The van der Waals surface area contributed by atoms with Crippen LogP contribution in [-0.2, 0) is 14.8 Å². The van der Waals surface area contributed by atoms with Crippen molar-refractivity contribution in [1.29, 1.82) is 0 Å². The van der Waals surface area contributed by atoms with E-state index in [9.17, 15) is 8.42 Å². The third kappa shape index (κ3) is 4.59. The molecule has 1 saturated heterocycles. The average molecular weight is 383 g/mol. The molecule has 1 aliphatic heterocycles. The van der Waals surface area contributed by atoms with Crippen molar-refractivity contribution >= 4 is 21.4 Å². The highest BCUT2D eigenvalue weighted by atomic mass is 32.2. The van der Waals surface area contributed by atoms with E-state index in [1.54, 1.807) is 24.6 Å². The van der Waals surface area contributed by atoms with Crippen LogP contribution in [0.5, 0.6) is 5.75 Å². The van der Waals surface area contributed by atoms with Gasteiger partial charge < -0.3 is 9.47 Å². The summed E-state index contributed by atoms with van der Waals surface area (Å²) in [6.45, 7) is 3.18. The third-order valence-electron chi connectivity index (χ3n) is 4.21. The standard InChI is InChI=1S/C17H22N2O4S2/c1-22-15-6-4-14(5-7-15)16(19-8-10-23-11-9-19)13-18-25(20,21)17-3-2-12-24-17/h2-7,12,16,18H,8-11,13H2,1H3. The Hall–Kier alpha value is -1.45. The van der Waals surface area contributed by atoms with E-state index in [4.69, 9.17) is 9.47 Å². The van der Waals surface area contributed by atoms with Gasteiger partial charge in [0.2, 0.25) is 10.0 Å². The van der Waals surface area contributed by atoms with Crippen molar-refractivity contribution in [3.05, 3.63) is 47.3 Å². The summed E-state index contributed by atoms with van der Waals surface area (Å²) in [6, 6.07) is 11.1. The summed E-state index contributed by atoms with van der Waals surface area (Å²) in [5, 5.41) is 1.76. The van der Waals surface area contributed by atoms with Crippen molar-refractivity contribution in [2.75, 3.05) is 40.0 Å². The van der Waals surface area contributed by atoms with E-state index in [-0.39, 0.29) is 6.04 Å². The summed E-state index contributed by atoms with van der Waals surface area (Å²) in [5.74, 6) is 0.781. The minimum atomic E-state index is -3.49. The van der Waals surface area contributed by atoms with Gasteiger partial charge in [-0.1, -0.05) is 18.2 Å². The Morgan fingerprint density at radius 2 is 1.96 bits per heavy atom. The molecule has 0 amide bonds. The van der Waals surface area contributed by atoms with Gasteiger partial charge in [0.15, 0.2) is 0 Å². The molecule has 1 fully saturated rings. The van der Waals surface area contributed by atoms with E-state index >= 15 is 0 Å². The lowest BCUT2D eigenvalue weighted by Gasteiger charge is -2.34. The number of nitrogens with one attached hydrogen (secondary N) is 1. The number of rotatable bonds is 7. The van der Waals surface area contributed by atoms with Gasteiger partial charge in [-0.2, -0.15) is 0 Å². The quantitative estimate of drug-likeness (QED) is 0.794. The number of methoxy groups -OCH3 is 1. The van der Waals surface area contributed by atoms with Crippen LogP contribution in [0.3, 0.4) is 0 Å². The Morgan fingerprint density at radius 3 is 2.56 bits per heavy atom. The molecule has 0 aliphatic carbocycles. The zero-order chi connectivity index (χ0) is 17.7. The number of morpholine rings is 1. The summed E-state index contributed by atoms with van der Waals surface area (Å²) in [5.41, 5.74) is 1.05. The molecule has 1 unspecified atom stereocenters. The molecule has 0 spiro atoms. The fraction of sp³-hybridized carbons (Fsp3) is 0.412. The number of nitrogens with zero attached hydrogens (tertiary/aromatic N) is 1. The van der Waals surface area contributed by atoms with E-state index < -0.39 is 10.0 Å². The van der Waals surface area contributed by atoms with Crippen LogP contribution in [0.2, 0.25) is 0 Å². The molecular weight excluding hydrogens is 360 g/mol. The molecule has 6 nitrogen and oxygen atoms in total. The van der Waals surface area contributed by atoms with Gasteiger partial charge in [0, 0.05) is 25.7 Å². The monoisotopic (exact) mass is 382 g/mol. The molecule has 0 bridgehead atoms. The molecule has 0 radical (unpaired) electrons.